The van der Waals surface area contributed by atoms with Gasteiger partial charge in [-0.3, -0.25) is 9.89 Å². The number of hydrogen-bond donors (Lipinski definition) is 3. The molecule has 1 aliphatic carbocycles. The monoisotopic (exact) mass is 383 g/mol. The molecular weight excluding hydrogens is 358 g/mol. The Bertz CT molecular complexity index is 921. The molecule has 4 rings (SSSR count). The van der Waals surface area contributed by atoms with Crippen LogP contribution in [0.2, 0.25) is 0 Å². The molecule has 2 aliphatic rings. The standard InChI is InChI=1S/C19H25N7O2/c1-11-12-5-3-4-6-14(12)23-16(22-11)9-21-19(28)26-8-7-15-13(10-26)17(25-24-15)18(27)20-2/h3-10H2,1-2H3,(H,20,27)(H,21,28)(H,24,25). The minimum absolute atomic E-state index is 0.186. The highest BCUT2D eigenvalue weighted by molar-refractivity contribution is 5.94. The van der Waals surface area contributed by atoms with E-state index in [1.807, 2.05) is 6.92 Å². The van der Waals surface area contributed by atoms with Crippen molar-refractivity contribution >= 4 is 11.9 Å². The number of amides is 3. The van der Waals surface area contributed by atoms with Crippen molar-refractivity contribution in [3.05, 3.63) is 39.7 Å². The summed E-state index contributed by atoms with van der Waals surface area (Å²) in [5.74, 6) is 0.399. The minimum Gasteiger partial charge on any atom is -0.354 e. The van der Waals surface area contributed by atoms with Crippen molar-refractivity contribution in [3.63, 3.8) is 0 Å². The molecule has 148 valence electrons. The van der Waals surface area contributed by atoms with E-state index >= 15 is 0 Å². The Hall–Kier alpha value is -2.97. The molecule has 28 heavy (non-hydrogen) atoms. The van der Waals surface area contributed by atoms with E-state index in [9.17, 15) is 9.59 Å². The van der Waals surface area contributed by atoms with Crippen molar-refractivity contribution in [1.29, 1.82) is 0 Å². The number of carbonyl (C=O) groups is 2. The van der Waals surface area contributed by atoms with E-state index in [1.165, 1.54) is 12.0 Å². The average molecular weight is 383 g/mol. The first-order valence-electron chi connectivity index (χ1n) is 9.73. The summed E-state index contributed by atoms with van der Waals surface area (Å²) in [6.07, 6.45) is 5.01. The number of H-pyrrole nitrogens is 1. The summed E-state index contributed by atoms with van der Waals surface area (Å²) in [5.41, 5.74) is 5.46. The molecule has 9 heteroatoms. The number of fused-ring (bicyclic) bond motifs is 2. The molecule has 0 saturated carbocycles. The minimum atomic E-state index is -0.252. The molecule has 0 unspecified atom stereocenters. The lowest BCUT2D eigenvalue weighted by Gasteiger charge is -2.27. The molecule has 2 aromatic rings. The summed E-state index contributed by atoms with van der Waals surface area (Å²) in [6, 6.07) is -0.186. The zero-order valence-electron chi connectivity index (χ0n) is 16.3. The maximum absolute atomic E-state index is 12.7. The van der Waals surface area contributed by atoms with Crippen molar-refractivity contribution in [3.8, 4) is 0 Å². The average Bonchev–Trinajstić information content (AvgIpc) is 3.14. The molecule has 0 radical (unpaired) electrons. The number of carbonyl (C=O) groups excluding carboxylic acids is 2. The third-order valence-electron chi connectivity index (χ3n) is 5.50. The van der Waals surface area contributed by atoms with Gasteiger partial charge in [-0.25, -0.2) is 14.8 Å². The summed E-state index contributed by atoms with van der Waals surface area (Å²) in [7, 11) is 1.57. The maximum Gasteiger partial charge on any atom is 0.318 e. The fourth-order valence-electron chi connectivity index (χ4n) is 3.96. The second-order valence-electron chi connectivity index (χ2n) is 7.30. The number of rotatable bonds is 3. The van der Waals surface area contributed by atoms with E-state index in [1.54, 1.807) is 11.9 Å². The number of nitrogens with one attached hydrogen (secondary N) is 3. The predicted molar refractivity (Wildman–Crippen MR) is 102 cm³/mol. The second kappa shape index (κ2) is 7.57. The van der Waals surface area contributed by atoms with Crippen LogP contribution in [0, 0.1) is 6.92 Å². The van der Waals surface area contributed by atoms with E-state index in [2.05, 4.69) is 30.8 Å². The summed E-state index contributed by atoms with van der Waals surface area (Å²) >= 11 is 0. The Labute approximate surface area is 163 Å². The van der Waals surface area contributed by atoms with Crippen LogP contribution in [0.1, 0.15) is 57.4 Å². The Balaban J connectivity index is 1.42. The Kier molecular flexibility index (Phi) is 4.97. The van der Waals surface area contributed by atoms with E-state index in [0.29, 0.717) is 37.6 Å². The lowest BCUT2D eigenvalue weighted by molar-refractivity contribution is 0.0955. The maximum atomic E-state index is 12.7. The largest absolute Gasteiger partial charge is 0.354 e. The van der Waals surface area contributed by atoms with Gasteiger partial charge in [0.15, 0.2) is 5.69 Å². The van der Waals surface area contributed by atoms with E-state index in [0.717, 1.165) is 41.9 Å². The number of urea groups is 1. The van der Waals surface area contributed by atoms with Gasteiger partial charge in [0.25, 0.3) is 5.91 Å². The molecule has 3 heterocycles. The second-order valence-corrected chi connectivity index (χ2v) is 7.30. The van der Waals surface area contributed by atoms with Crippen LogP contribution < -0.4 is 10.6 Å². The van der Waals surface area contributed by atoms with Gasteiger partial charge in [-0.05, 0) is 38.2 Å². The molecule has 0 aromatic carbocycles. The predicted octanol–water partition coefficient (Wildman–Crippen LogP) is 1.01. The van der Waals surface area contributed by atoms with Crippen LogP contribution >= 0.6 is 0 Å². The first kappa shape index (κ1) is 18.4. The highest BCUT2D eigenvalue weighted by Crippen LogP contribution is 2.22. The summed E-state index contributed by atoms with van der Waals surface area (Å²) in [6.45, 7) is 3.23. The van der Waals surface area contributed by atoms with Gasteiger partial charge in [-0.15, -0.1) is 0 Å². The van der Waals surface area contributed by atoms with E-state index in [4.69, 9.17) is 0 Å². The highest BCUT2D eigenvalue weighted by atomic mass is 16.2. The van der Waals surface area contributed by atoms with Gasteiger partial charge in [-0.1, -0.05) is 0 Å². The van der Waals surface area contributed by atoms with Crippen LogP contribution in [0.4, 0.5) is 4.79 Å². The number of nitrogens with zero attached hydrogens (tertiary/aromatic N) is 4. The van der Waals surface area contributed by atoms with Crippen molar-refractivity contribution in [1.82, 2.24) is 35.7 Å². The van der Waals surface area contributed by atoms with Gasteiger partial charge in [0.2, 0.25) is 0 Å². The van der Waals surface area contributed by atoms with Crippen LogP contribution in [0.25, 0.3) is 0 Å². The van der Waals surface area contributed by atoms with Crippen molar-refractivity contribution in [2.75, 3.05) is 13.6 Å². The molecule has 1 aliphatic heterocycles. The number of aromatic amines is 1. The van der Waals surface area contributed by atoms with Crippen molar-refractivity contribution < 1.29 is 9.59 Å². The van der Waals surface area contributed by atoms with Crippen LogP contribution in [0.3, 0.4) is 0 Å². The lowest BCUT2D eigenvalue weighted by Crippen LogP contribution is -2.43. The molecule has 3 N–H and O–H groups in total. The molecule has 0 fully saturated rings. The van der Waals surface area contributed by atoms with Gasteiger partial charge in [-0.2, -0.15) is 5.10 Å². The Morgan fingerprint density at radius 2 is 1.96 bits per heavy atom. The molecule has 2 aromatic heterocycles. The molecule has 0 saturated heterocycles. The zero-order chi connectivity index (χ0) is 19.7. The smallest absolute Gasteiger partial charge is 0.318 e. The fraction of sp³-hybridized carbons (Fsp3) is 0.526. The van der Waals surface area contributed by atoms with Gasteiger partial charge >= 0.3 is 6.03 Å². The van der Waals surface area contributed by atoms with E-state index < -0.39 is 0 Å². The molecular formula is C19H25N7O2. The fourth-order valence-corrected chi connectivity index (χ4v) is 3.96. The third kappa shape index (κ3) is 3.44. The topological polar surface area (TPSA) is 116 Å². The van der Waals surface area contributed by atoms with Gasteiger partial charge in [0, 0.05) is 42.7 Å². The summed E-state index contributed by atoms with van der Waals surface area (Å²) in [4.78, 5) is 35.5. The van der Waals surface area contributed by atoms with Crippen molar-refractivity contribution in [2.24, 2.45) is 0 Å². The van der Waals surface area contributed by atoms with Crippen LogP contribution in [0.15, 0.2) is 0 Å². The first-order chi connectivity index (χ1) is 13.6. The van der Waals surface area contributed by atoms with Crippen LogP contribution in [-0.2, 0) is 32.4 Å². The number of hydrogen-bond acceptors (Lipinski definition) is 5. The quantitative estimate of drug-likeness (QED) is 0.732. The SMILES string of the molecule is CNC(=O)c1n[nH]c2c1CN(C(=O)NCc1nc(C)c3c(n1)CCCC3)CC2. The number of aromatic nitrogens is 4. The van der Waals surface area contributed by atoms with Crippen LogP contribution in [-0.4, -0.2) is 50.6 Å². The third-order valence-corrected chi connectivity index (χ3v) is 5.50. The van der Waals surface area contributed by atoms with Gasteiger partial charge in [0.05, 0.1) is 13.1 Å². The lowest BCUT2D eigenvalue weighted by atomic mass is 9.95. The van der Waals surface area contributed by atoms with Crippen LogP contribution in [0.5, 0.6) is 0 Å². The Morgan fingerprint density at radius 1 is 1.14 bits per heavy atom. The van der Waals surface area contributed by atoms with E-state index in [-0.39, 0.29) is 11.9 Å². The Morgan fingerprint density at radius 3 is 2.79 bits per heavy atom. The molecule has 0 bridgehead atoms. The highest BCUT2D eigenvalue weighted by Gasteiger charge is 2.27. The van der Waals surface area contributed by atoms with Crippen molar-refractivity contribution in [2.45, 2.75) is 52.1 Å². The first-order valence-corrected chi connectivity index (χ1v) is 9.73. The normalized spacial score (nSPS) is 15.6. The number of aryl methyl sites for hydroxylation is 2. The van der Waals surface area contributed by atoms with Gasteiger partial charge < -0.3 is 15.5 Å². The molecule has 9 nitrogen and oxygen atoms in total. The summed E-state index contributed by atoms with van der Waals surface area (Å²) < 4.78 is 0. The summed E-state index contributed by atoms with van der Waals surface area (Å²) in [5, 5.41) is 12.5. The van der Waals surface area contributed by atoms with Gasteiger partial charge in [0.1, 0.15) is 5.82 Å². The molecule has 3 amide bonds. The zero-order valence-corrected chi connectivity index (χ0v) is 16.3. The molecule has 0 atom stereocenters. The molecule has 0 spiro atoms.